The summed E-state index contributed by atoms with van der Waals surface area (Å²) in [5.41, 5.74) is 2.85. The van der Waals surface area contributed by atoms with Crippen LogP contribution in [0.3, 0.4) is 0 Å². The van der Waals surface area contributed by atoms with Crippen molar-refractivity contribution in [2.24, 2.45) is 0 Å². The number of rotatable bonds is 3. The van der Waals surface area contributed by atoms with Gasteiger partial charge in [-0.25, -0.2) is 0 Å². The Morgan fingerprint density at radius 1 is 1.35 bits per heavy atom. The molecule has 2 heterocycles. The molecule has 0 spiro atoms. The molecule has 0 amide bonds. The van der Waals surface area contributed by atoms with Gasteiger partial charge in [0.05, 0.1) is 12.7 Å². The summed E-state index contributed by atoms with van der Waals surface area (Å²) >= 11 is 2.05. The van der Waals surface area contributed by atoms with Gasteiger partial charge in [-0.05, 0) is 29.7 Å². The number of thioether (sulfide) groups is 1. The van der Waals surface area contributed by atoms with Crippen LogP contribution in [-0.2, 0) is 11.2 Å². The summed E-state index contributed by atoms with van der Waals surface area (Å²) in [5.74, 6) is 2.56. The van der Waals surface area contributed by atoms with Crippen molar-refractivity contribution in [1.82, 2.24) is 5.32 Å². The third kappa shape index (κ3) is 2.67. The Labute approximate surface area is 107 Å². The van der Waals surface area contributed by atoms with Gasteiger partial charge in [-0.3, -0.25) is 0 Å². The first-order valence-corrected chi connectivity index (χ1v) is 7.59. The monoisotopic (exact) mass is 249 g/mol. The van der Waals surface area contributed by atoms with E-state index in [4.69, 9.17) is 4.74 Å². The van der Waals surface area contributed by atoms with E-state index in [0.717, 1.165) is 19.6 Å². The molecule has 1 N–H and O–H groups in total. The Bertz CT molecular complexity index is 376. The Morgan fingerprint density at radius 3 is 3.18 bits per heavy atom. The highest BCUT2D eigenvalue weighted by molar-refractivity contribution is 7.99. The Morgan fingerprint density at radius 2 is 2.29 bits per heavy atom. The molecule has 2 nitrogen and oxygen atoms in total. The molecular formula is C14H19NOS. The molecule has 2 atom stereocenters. The second-order valence-electron chi connectivity index (χ2n) is 4.78. The standard InChI is InChI=1S/C14H19NOS/c1-2-4-13-11(3-1)5-7-16-14(13)9-15-12-6-8-17-10-12/h1-4,12,14-15H,5-10H2. The molecule has 0 aliphatic carbocycles. The summed E-state index contributed by atoms with van der Waals surface area (Å²) in [6.07, 6.45) is 2.62. The van der Waals surface area contributed by atoms with Crippen LogP contribution in [0.1, 0.15) is 23.7 Å². The van der Waals surface area contributed by atoms with Gasteiger partial charge in [-0.15, -0.1) is 0 Å². The maximum absolute atomic E-state index is 5.89. The van der Waals surface area contributed by atoms with Gasteiger partial charge in [0.25, 0.3) is 0 Å². The second kappa shape index (κ2) is 5.42. The number of fused-ring (bicyclic) bond motifs is 1. The number of hydrogen-bond acceptors (Lipinski definition) is 3. The van der Waals surface area contributed by atoms with Crippen LogP contribution in [0.2, 0.25) is 0 Å². The lowest BCUT2D eigenvalue weighted by Gasteiger charge is -2.27. The van der Waals surface area contributed by atoms with E-state index >= 15 is 0 Å². The lowest BCUT2D eigenvalue weighted by molar-refractivity contribution is 0.0411. The predicted octanol–water partition coefficient (Wildman–Crippen LogP) is 2.40. The lowest BCUT2D eigenvalue weighted by Crippen LogP contribution is -2.34. The zero-order chi connectivity index (χ0) is 11.5. The molecule has 17 heavy (non-hydrogen) atoms. The van der Waals surface area contributed by atoms with Gasteiger partial charge in [0.1, 0.15) is 0 Å². The summed E-state index contributed by atoms with van der Waals surface area (Å²) in [6, 6.07) is 9.38. The molecule has 2 unspecified atom stereocenters. The molecule has 1 aromatic rings. The van der Waals surface area contributed by atoms with Gasteiger partial charge in [0, 0.05) is 18.3 Å². The molecule has 1 fully saturated rings. The van der Waals surface area contributed by atoms with E-state index in [1.165, 1.54) is 29.1 Å². The highest BCUT2D eigenvalue weighted by Gasteiger charge is 2.22. The molecule has 0 saturated carbocycles. The van der Waals surface area contributed by atoms with Crippen molar-refractivity contribution >= 4 is 11.8 Å². The van der Waals surface area contributed by atoms with E-state index in [-0.39, 0.29) is 6.10 Å². The summed E-state index contributed by atoms with van der Waals surface area (Å²) in [7, 11) is 0. The molecule has 1 aromatic carbocycles. The van der Waals surface area contributed by atoms with Crippen LogP contribution in [-0.4, -0.2) is 30.7 Å². The van der Waals surface area contributed by atoms with Crippen molar-refractivity contribution in [3.63, 3.8) is 0 Å². The third-order valence-electron chi connectivity index (χ3n) is 3.61. The highest BCUT2D eigenvalue weighted by atomic mass is 32.2. The molecule has 92 valence electrons. The van der Waals surface area contributed by atoms with Crippen molar-refractivity contribution in [3.8, 4) is 0 Å². The first-order valence-electron chi connectivity index (χ1n) is 6.44. The maximum atomic E-state index is 5.89. The van der Waals surface area contributed by atoms with Crippen LogP contribution in [0.5, 0.6) is 0 Å². The smallest absolute Gasteiger partial charge is 0.0952 e. The van der Waals surface area contributed by atoms with E-state index in [9.17, 15) is 0 Å². The SMILES string of the molecule is c1ccc2c(c1)CCOC2CNC1CCSC1. The zero-order valence-electron chi connectivity index (χ0n) is 10.0. The number of ether oxygens (including phenoxy) is 1. The Balaban J connectivity index is 1.64. The fourth-order valence-corrected chi connectivity index (χ4v) is 3.80. The molecule has 2 aliphatic heterocycles. The Hall–Kier alpha value is -0.510. The van der Waals surface area contributed by atoms with Crippen LogP contribution >= 0.6 is 11.8 Å². The summed E-state index contributed by atoms with van der Waals surface area (Å²) in [5, 5.41) is 3.65. The van der Waals surface area contributed by atoms with Gasteiger partial charge in [-0.2, -0.15) is 11.8 Å². The van der Waals surface area contributed by atoms with E-state index < -0.39 is 0 Å². The summed E-state index contributed by atoms with van der Waals surface area (Å²) < 4.78 is 5.89. The van der Waals surface area contributed by atoms with Gasteiger partial charge < -0.3 is 10.1 Å². The van der Waals surface area contributed by atoms with E-state index in [2.05, 4.69) is 41.3 Å². The molecule has 0 bridgehead atoms. The zero-order valence-corrected chi connectivity index (χ0v) is 10.8. The van der Waals surface area contributed by atoms with Gasteiger partial charge in [0.2, 0.25) is 0 Å². The molecule has 3 rings (SSSR count). The topological polar surface area (TPSA) is 21.3 Å². The van der Waals surface area contributed by atoms with Gasteiger partial charge in [-0.1, -0.05) is 24.3 Å². The van der Waals surface area contributed by atoms with Crippen LogP contribution < -0.4 is 5.32 Å². The summed E-state index contributed by atoms with van der Waals surface area (Å²) in [4.78, 5) is 0. The van der Waals surface area contributed by atoms with Crippen LogP contribution in [0.15, 0.2) is 24.3 Å². The van der Waals surface area contributed by atoms with E-state index in [1.807, 2.05) is 0 Å². The minimum absolute atomic E-state index is 0.255. The van der Waals surface area contributed by atoms with Crippen LogP contribution in [0.4, 0.5) is 0 Å². The number of nitrogens with one attached hydrogen (secondary N) is 1. The van der Waals surface area contributed by atoms with E-state index in [1.54, 1.807) is 0 Å². The molecule has 2 aliphatic rings. The normalized spacial score (nSPS) is 28.0. The minimum atomic E-state index is 0.255. The molecule has 1 saturated heterocycles. The molecule has 3 heteroatoms. The second-order valence-corrected chi connectivity index (χ2v) is 5.93. The maximum Gasteiger partial charge on any atom is 0.0952 e. The van der Waals surface area contributed by atoms with Crippen LogP contribution in [0, 0.1) is 0 Å². The fraction of sp³-hybridized carbons (Fsp3) is 0.571. The fourth-order valence-electron chi connectivity index (χ4n) is 2.61. The first kappa shape index (κ1) is 11.6. The Kier molecular flexibility index (Phi) is 3.69. The molecule has 0 aromatic heterocycles. The van der Waals surface area contributed by atoms with Gasteiger partial charge >= 0.3 is 0 Å². The van der Waals surface area contributed by atoms with Crippen molar-refractivity contribution in [1.29, 1.82) is 0 Å². The quantitative estimate of drug-likeness (QED) is 0.889. The van der Waals surface area contributed by atoms with E-state index in [0.29, 0.717) is 6.04 Å². The summed E-state index contributed by atoms with van der Waals surface area (Å²) in [6.45, 7) is 1.82. The number of benzene rings is 1. The average Bonchev–Trinajstić information content (AvgIpc) is 2.89. The van der Waals surface area contributed by atoms with Crippen molar-refractivity contribution < 1.29 is 4.74 Å². The lowest BCUT2D eigenvalue weighted by atomic mass is 9.97. The van der Waals surface area contributed by atoms with Gasteiger partial charge in [0.15, 0.2) is 0 Å². The number of hydrogen-bond donors (Lipinski definition) is 1. The first-order chi connectivity index (χ1) is 8.43. The molecule has 0 radical (unpaired) electrons. The highest BCUT2D eigenvalue weighted by Crippen LogP contribution is 2.27. The average molecular weight is 249 g/mol. The largest absolute Gasteiger partial charge is 0.372 e. The van der Waals surface area contributed by atoms with Crippen molar-refractivity contribution in [2.45, 2.75) is 25.0 Å². The molecular weight excluding hydrogens is 230 g/mol. The van der Waals surface area contributed by atoms with Crippen molar-refractivity contribution in [2.75, 3.05) is 24.7 Å². The third-order valence-corrected chi connectivity index (χ3v) is 4.78. The predicted molar refractivity (Wildman–Crippen MR) is 72.6 cm³/mol. The van der Waals surface area contributed by atoms with Crippen molar-refractivity contribution in [3.05, 3.63) is 35.4 Å². The van der Waals surface area contributed by atoms with Crippen LogP contribution in [0.25, 0.3) is 0 Å². The minimum Gasteiger partial charge on any atom is -0.372 e.